The molecule has 0 saturated carbocycles. The van der Waals surface area contributed by atoms with Crippen molar-refractivity contribution in [3.63, 3.8) is 0 Å². The summed E-state index contributed by atoms with van der Waals surface area (Å²) in [4.78, 5) is 49.7. The minimum absolute atomic E-state index is 0.0388. The molecule has 174 valence electrons. The Morgan fingerprint density at radius 1 is 1.12 bits per heavy atom. The maximum Gasteiger partial charge on any atom is 0.602 e. The number of benzene rings is 1. The number of nitrogens with one attached hydrogen (secondary N) is 1. The van der Waals surface area contributed by atoms with E-state index in [4.69, 9.17) is 32.5 Å². The summed E-state index contributed by atoms with van der Waals surface area (Å²) in [7, 11) is -1.16. The molecular weight excluding hydrogens is 476 g/mol. The first kappa shape index (κ1) is 26.5. The molecular formula is C21H26BCl2NO6S. The van der Waals surface area contributed by atoms with Gasteiger partial charge in [0, 0.05) is 17.3 Å². The molecule has 0 radical (unpaired) electrons. The maximum atomic E-state index is 12.7. The summed E-state index contributed by atoms with van der Waals surface area (Å²) < 4.78 is 10.9. The standard InChI is InChI=1S/C21H26BCl2NO6S/c1-11(2)7-14(22-30-20(28)12(3)32-13(4)21(29)31-22)8-16(26)10-25-19(27)17-9-15(23)5-6-18(17)24/h5-6,9,11-14H,7-8,10H2,1-4H3,(H,25,27)/t12-,13-,14+/m0/s1. The second kappa shape index (κ2) is 12.0. The Balaban J connectivity index is 2.07. The Labute approximate surface area is 202 Å². The van der Waals surface area contributed by atoms with E-state index in [1.165, 1.54) is 12.1 Å². The molecule has 1 aliphatic heterocycles. The molecule has 1 aliphatic rings. The van der Waals surface area contributed by atoms with E-state index < -0.39 is 41.3 Å². The van der Waals surface area contributed by atoms with Crippen molar-refractivity contribution in [1.29, 1.82) is 0 Å². The first-order chi connectivity index (χ1) is 15.0. The molecule has 0 spiro atoms. The number of amides is 1. The summed E-state index contributed by atoms with van der Waals surface area (Å²) in [5.41, 5.74) is 0.161. The zero-order valence-corrected chi connectivity index (χ0v) is 20.7. The lowest BCUT2D eigenvalue weighted by Crippen LogP contribution is -2.43. The highest BCUT2D eigenvalue weighted by molar-refractivity contribution is 8.01. The van der Waals surface area contributed by atoms with Gasteiger partial charge in [0.1, 0.15) is 0 Å². The summed E-state index contributed by atoms with van der Waals surface area (Å²) in [6, 6.07) is 4.47. The van der Waals surface area contributed by atoms with Gasteiger partial charge < -0.3 is 14.6 Å². The number of thioether (sulfide) groups is 1. The fourth-order valence-corrected chi connectivity index (χ4v) is 4.58. The smallest absolute Gasteiger partial charge is 0.498 e. The number of ketones is 1. The normalized spacial score (nSPS) is 20.2. The van der Waals surface area contributed by atoms with Gasteiger partial charge in [-0.15, -0.1) is 11.8 Å². The number of hydrogen-bond donors (Lipinski definition) is 1. The average Bonchev–Trinajstić information content (AvgIpc) is 2.71. The molecule has 1 aromatic carbocycles. The number of rotatable bonds is 8. The van der Waals surface area contributed by atoms with E-state index in [-0.39, 0.29) is 35.3 Å². The zero-order valence-electron chi connectivity index (χ0n) is 18.4. The SMILES string of the molecule is CC(C)C[C@H](CC(=O)CNC(=O)c1cc(Cl)ccc1Cl)B1OC(=O)[C@H](C)S[C@@H](C)C(=O)O1. The largest absolute Gasteiger partial charge is 0.602 e. The number of halogens is 2. The minimum Gasteiger partial charge on any atom is -0.498 e. The Hall–Kier alpha value is -1.71. The summed E-state index contributed by atoms with van der Waals surface area (Å²) in [6.07, 6.45) is 0.448. The van der Waals surface area contributed by atoms with Crippen molar-refractivity contribution in [3.8, 4) is 0 Å². The Bertz CT molecular complexity index is 862. The van der Waals surface area contributed by atoms with E-state index >= 15 is 0 Å². The summed E-state index contributed by atoms with van der Waals surface area (Å²) in [5.74, 6) is -2.21. The van der Waals surface area contributed by atoms with Crippen molar-refractivity contribution in [3.05, 3.63) is 33.8 Å². The van der Waals surface area contributed by atoms with Crippen molar-refractivity contribution in [1.82, 2.24) is 5.32 Å². The summed E-state index contributed by atoms with van der Waals surface area (Å²) >= 11 is 13.1. The predicted octanol–water partition coefficient (Wildman–Crippen LogP) is 4.20. The van der Waals surface area contributed by atoms with Crippen molar-refractivity contribution in [2.75, 3.05) is 6.54 Å². The third-order valence-corrected chi connectivity index (χ3v) is 6.57. The third kappa shape index (κ3) is 7.71. The number of hydrogen-bond acceptors (Lipinski definition) is 7. The van der Waals surface area contributed by atoms with Crippen LogP contribution in [0.3, 0.4) is 0 Å². The lowest BCUT2D eigenvalue weighted by Gasteiger charge is -2.28. The van der Waals surface area contributed by atoms with Crippen LogP contribution in [-0.2, 0) is 23.7 Å². The predicted molar refractivity (Wildman–Crippen MR) is 126 cm³/mol. The molecule has 0 bridgehead atoms. The van der Waals surface area contributed by atoms with Gasteiger partial charge in [0.2, 0.25) is 0 Å². The zero-order chi connectivity index (χ0) is 24.0. The molecule has 1 fully saturated rings. The van der Waals surface area contributed by atoms with Gasteiger partial charge in [0.05, 0.1) is 27.6 Å². The molecule has 1 heterocycles. The Morgan fingerprint density at radius 3 is 2.28 bits per heavy atom. The molecule has 1 aromatic rings. The quantitative estimate of drug-likeness (QED) is 0.533. The third-order valence-electron chi connectivity index (χ3n) is 4.80. The lowest BCUT2D eigenvalue weighted by atomic mass is 9.65. The highest BCUT2D eigenvalue weighted by atomic mass is 35.5. The van der Waals surface area contributed by atoms with E-state index in [9.17, 15) is 19.2 Å². The molecule has 7 nitrogen and oxygen atoms in total. The number of carbonyl (C=O) groups excluding carboxylic acids is 4. The second-order valence-electron chi connectivity index (χ2n) is 8.10. The first-order valence-electron chi connectivity index (χ1n) is 10.3. The Kier molecular flexibility index (Phi) is 9.92. The number of carbonyl (C=O) groups is 4. The minimum atomic E-state index is -1.16. The molecule has 32 heavy (non-hydrogen) atoms. The molecule has 11 heteroatoms. The van der Waals surface area contributed by atoms with Crippen molar-refractivity contribution < 1.29 is 28.5 Å². The first-order valence-corrected chi connectivity index (χ1v) is 12.0. The topological polar surface area (TPSA) is 98.8 Å². The monoisotopic (exact) mass is 501 g/mol. The van der Waals surface area contributed by atoms with Gasteiger partial charge in [0.15, 0.2) is 5.78 Å². The Morgan fingerprint density at radius 2 is 1.72 bits per heavy atom. The van der Waals surface area contributed by atoms with Crippen LogP contribution in [0.5, 0.6) is 0 Å². The molecule has 0 aromatic heterocycles. The van der Waals surface area contributed by atoms with Crippen LogP contribution in [0.2, 0.25) is 15.9 Å². The van der Waals surface area contributed by atoms with Crippen LogP contribution in [0.25, 0.3) is 0 Å². The van der Waals surface area contributed by atoms with E-state index in [0.29, 0.717) is 11.4 Å². The van der Waals surface area contributed by atoms with Gasteiger partial charge in [-0.1, -0.05) is 37.0 Å². The van der Waals surface area contributed by atoms with Crippen LogP contribution in [-0.4, -0.2) is 47.8 Å². The maximum absolute atomic E-state index is 12.7. The molecule has 1 amide bonds. The summed E-state index contributed by atoms with van der Waals surface area (Å²) in [5, 5.41) is 2.03. The van der Waals surface area contributed by atoms with Crippen LogP contribution in [0, 0.1) is 5.92 Å². The van der Waals surface area contributed by atoms with E-state index in [0.717, 1.165) is 11.8 Å². The number of Topliss-reactive ketones (excluding diaryl/α,β-unsaturated/α-hetero) is 1. The molecule has 3 atom stereocenters. The van der Waals surface area contributed by atoms with E-state index in [2.05, 4.69) is 5.32 Å². The summed E-state index contributed by atoms with van der Waals surface area (Å²) in [6.45, 7) is 6.98. The highest BCUT2D eigenvalue weighted by Gasteiger charge is 2.43. The van der Waals surface area contributed by atoms with Gasteiger partial charge in [-0.25, -0.2) is 0 Å². The lowest BCUT2D eigenvalue weighted by molar-refractivity contribution is -0.141. The average molecular weight is 502 g/mol. The van der Waals surface area contributed by atoms with Crippen molar-refractivity contribution in [2.24, 2.45) is 5.92 Å². The van der Waals surface area contributed by atoms with Crippen LogP contribution in [0.1, 0.15) is 50.9 Å². The molecule has 1 N–H and O–H groups in total. The fourth-order valence-electron chi connectivity index (χ4n) is 3.26. The molecule has 1 saturated heterocycles. The molecule has 2 rings (SSSR count). The second-order valence-corrected chi connectivity index (χ2v) is 10.6. The van der Waals surface area contributed by atoms with Gasteiger partial charge in [0.25, 0.3) is 5.91 Å². The van der Waals surface area contributed by atoms with Gasteiger partial charge >= 0.3 is 19.1 Å². The van der Waals surface area contributed by atoms with Gasteiger partial charge in [-0.3, -0.25) is 19.2 Å². The van der Waals surface area contributed by atoms with Crippen molar-refractivity contribution >= 4 is 65.7 Å². The van der Waals surface area contributed by atoms with Crippen LogP contribution in [0.15, 0.2) is 18.2 Å². The highest BCUT2D eigenvalue weighted by Crippen LogP contribution is 2.31. The van der Waals surface area contributed by atoms with Crippen LogP contribution in [0.4, 0.5) is 0 Å². The van der Waals surface area contributed by atoms with Crippen LogP contribution >= 0.6 is 35.0 Å². The van der Waals surface area contributed by atoms with E-state index in [1.807, 2.05) is 13.8 Å². The van der Waals surface area contributed by atoms with E-state index in [1.54, 1.807) is 19.9 Å². The fraction of sp³-hybridized carbons (Fsp3) is 0.524. The van der Waals surface area contributed by atoms with Gasteiger partial charge in [-0.2, -0.15) is 0 Å². The van der Waals surface area contributed by atoms with Crippen LogP contribution < -0.4 is 5.32 Å². The van der Waals surface area contributed by atoms with Crippen molar-refractivity contribution in [2.45, 2.75) is 56.9 Å². The molecule has 0 aliphatic carbocycles. The van der Waals surface area contributed by atoms with Gasteiger partial charge in [-0.05, 0) is 44.4 Å². The molecule has 0 unspecified atom stereocenters.